The third-order valence-corrected chi connectivity index (χ3v) is 5.13. The Hall–Kier alpha value is -3.15. The lowest BCUT2D eigenvalue weighted by Crippen LogP contribution is -2.48. The SMILES string of the molecule is CCC(CNC(=O)CNC(=O)CCc1ccc(C)cc1)(C(=O)O)c1ccccc1. The molecule has 0 saturated heterocycles. The molecule has 0 radical (unpaired) electrons. The van der Waals surface area contributed by atoms with Crippen LogP contribution < -0.4 is 10.6 Å². The van der Waals surface area contributed by atoms with Crippen molar-refractivity contribution in [2.45, 2.75) is 38.5 Å². The van der Waals surface area contributed by atoms with Crippen LogP contribution in [-0.2, 0) is 26.2 Å². The highest BCUT2D eigenvalue weighted by atomic mass is 16.4. The maximum Gasteiger partial charge on any atom is 0.315 e. The highest BCUT2D eigenvalue weighted by molar-refractivity contribution is 5.86. The fourth-order valence-electron chi connectivity index (χ4n) is 3.13. The molecule has 1 unspecified atom stereocenters. The van der Waals surface area contributed by atoms with E-state index < -0.39 is 17.3 Å². The van der Waals surface area contributed by atoms with Crippen LogP contribution in [0.1, 0.15) is 36.5 Å². The van der Waals surface area contributed by atoms with E-state index in [-0.39, 0.29) is 25.4 Å². The van der Waals surface area contributed by atoms with Gasteiger partial charge in [-0.25, -0.2) is 0 Å². The van der Waals surface area contributed by atoms with E-state index in [9.17, 15) is 19.5 Å². The van der Waals surface area contributed by atoms with E-state index in [0.717, 1.165) is 11.1 Å². The van der Waals surface area contributed by atoms with E-state index in [2.05, 4.69) is 10.6 Å². The van der Waals surface area contributed by atoms with Gasteiger partial charge in [0.25, 0.3) is 0 Å². The van der Waals surface area contributed by atoms with Gasteiger partial charge in [0.2, 0.25) is 11.8 Å². The van der Waals surface area contributed by atoms with E-state index in [1.165, 1.54) is 0 Å². The van der Waals surface area contributed by atoms with Crippen LogP contribution in [0.2, 0.25) is 0 Å². The number of benzene rings is 2. The fourth-order valence-corrected chi connectivity index (χ4v) is 3.13. The number of carbonyl (C=O) groups excluding carboxylic acids is 2. The van der Waals surface area contributed by atoms with Gasteiger partial charge in [-0.1, -0.05) is 67.1 Å². The Morgan fingerprint density at radius 2 is 1.59 bits per heavy atom. The summed E-state index contributed by atoms with van der Waals surface area (Å²) in [5.74, 6) is -1.62. The number of aryl methyl sites for hydroxylation is 2. The predicted molar refractivity (Wildman–Crippen MR) is 112 cm³/mol. The number of aliphatic carboxylic acids is 1. The second kappa shape index (κ2) is 10.4. The van der Waals surface area contributed by atoms with Crippen molar-refractivity contribution in [3.05, 3.63) is 71.3 Å². The molecular formula is C23H28N2O4. The molecule has 0 fully saturated rings. The van der Waals surface area contributed by atoms with Gasteiger partial charge in [-0.2, -0.15) is 0 Å². The van der Waals surface area contributed by atoms with Crippen LogP contribution in [0.5, 0.6) is 0 Å². The highest BCUT2D eigenvalue weighted by Gasteiger charge is 2.38. The van der Waals surface area contributed by atoms with Crippen LogP contribution in [0.25, 0.3) is 0 Å². The first-order valence-electron chi connectivity index (χ1n) is 9.75. The molecule has 0 heterocycles. The lowest BCUT2D eigenvalue weighted by Gasteiger charge is -2.29. The second-order valence-electron chi connectivity index (χ2n) is 7.15. The lowest BCUT2D eigenvalue weighted by molar-refractivity contribution is -0.144. The summed E-state index contributed by atoms with van der Waals surface area (Å²) >= 11 is 0. The number of carboxylic acid groups (broad SMARTS) is 1. The van der Waals surface area contributed by atoms with Crippen LogP contribution in [0.4, 0.5) is 0 Å². The molecule has 0 spiro atoms. The van der Waals surface area contributed by atoms with E-state index >= 15 is 0 Å². The van der Waals surface area contributed by atoms with Crippen molar-refractivity contribution in [1.29, 1.82) is 0 Å². The summed E-state index contributed by atoms with van der Waals surface area (Å²) < 4.78 is 0. The Kier molecular flexibility index (Phi) is 7.95. The number of nitrogens with one attached hydrogen (secondary N) is 2. The summed E-state index contributed by atoms with van der Waals surface area (Å²) in [5.41, 5.74) is 1.66. The van der Waals surface area contributed by atoms with Crippen LogP contribution in [0.15, 0.2) is 54.6 Å². The molecule has 6 nitrogen and oxygen atoms in total. The number of hydrogen-bond donors (Lipinski definition) is 3. The molecule has 2 aromatic rings. The molecule has 2 amide bonds. The van der Waals surface area contributed by atoms with E-state index in [1.54, 1.807) is 31.2 Å². The molecule has 2 aromatic carbocycles. The average molecular weight is 396 g/mol. The van der Waals surface area contributed by atoms with Crippen molar-refractivity contribution in [3.8, 4) is 0 Å². The fraction of sp³-hybridized carbons (Fsp3) is 0.348. The van der Waals surface area contributed by atoms with Gasteiger partial charge in [0.1, 0.15) is 5.41 Å². The van der Waals surface area contributed by atoms with Crippen molar-refractivity contribution in [2.75, 3.05) is 13.1 Å². The average Bonchev–Trinajstić information content (AvgIpc) is 2.73. The van der Waals surface area contributed by atoms with Crippen molar-refractivity contribution in [1.82, 2.24) is 10.6 Å². The Morgan fingerprint density at radius 1 is 0.931 bits per heavy atom. The van der Waals surface area contributed by atoms with E-state index in [1.807, 2.05) is 37.3 Å². The van der Waals surface area contributed by atoms with Crippen LogP contribution >= 0.6 is 0 Å². The maximum atomic E-state index is 12.2. The predicted octanol–water partition coefficient (Wildman–Crippen LogP) is 2.59. The minimum Gasteiger partial charge on any atom is -0.481 e. The Bertz CT molecular complexity index is 834. The van der Waals surface area contributed by atoms with Gasteiger partial charge >= 0.3 is 5.97 Å². The molecule has 1 atom stereocenters. The minimum absolute atomic E-state index is 0.0408. The Labute approximate surface area is 171 Å². The molecule has 29 heavy (non-hydrogen) atoms. The van der Waals surface area contributed by atoms with Gasteiger partial charge in [-0.05, 0) is 30.9 Å². The summed E-state index contributed by atoms with van der Waals surface area (Å²) in [6.07, 6.45) is 1.21. The Morgan fingerprint density at radius 3 is 2.17 bits per heavy atom. The van der Waals surface area contributed by atoms with Gasteiger partial charge in [-0.15, -0.1) is 0 Å². The molecule has 154 valence electrons. The molecule has 0 bridgehead atoms. The van der Waals surface area contributed by atoms with Crippen LogP contribution in [0, 0.1) is 6.92 Å². The standard InChI is InChI=1S/C23H28N2O4/c1-3-23(22(28)29,19-7-5-4-6-8-19)16-25-21(27)15-24-20(26)14-13-18-11-9-17(2)10-12-18/h4-12H,3,13-16H2,1-2H3,(H,24,26)(H,25,27)(H,28,29). The normalized spacial score (nSPS) is 12.6. The van der Waals surface area contributed by atoms with Crippen LogP contribution in [-0.4, -0.2) is 36.0 Å². The number of amides is 2. The first-order valence-corrected chi connectivity index (χ1v) is 9.75. The summed E-state index contributed by atoms with van der Waals surface area (Å²) in [7, 11) is 0. The summed E-state index contributed by atoms with van der Waals surface area (Å²) in [5, 5.41) is 15.0. The number of rotatable bonds is 10. The maximum absolute atomic E-state index is 12.2. The monoisotopic (exact) mass is 396 g/mol. The van der Waals surface area contributed by atoms with Crippen molar-refractivity contribution in [2.24, 2.45) is 0 Å². The quantitative estimate of drug-likeness (QED) is 0.575. The molecule has 6 heteroatoms. The topological polar surface area (TPSA) is 95.5 Å². The second-order valence-corrected chi connectivity index (χ2v) is 7.15. The zero-order valence-corrected chi connectivity index (χ0v) is 16.9. The molecule has 0 aliphatic carbocycles. The smallest absolute Gasteiger partial charge is 0.315 e. The number of carbonyl (C=O) groups is 3. The first-order chi connectivity index (χ1) is 13.9. The molecular weight excluding hydrogens is 368 g/mol. The van der Waals surface area contributed by atoms with Crippen molar-refractivity contribution in [3.63, 3.8) is 0 Å². The van der Waals surface area contributed by atoms with E-state index in [4.69, 9.17) is 0 Å². The van der Waals surface area contributed by atoms with Gasteiger partial charge in [0.05, 0.1) is 6.54 Å². The third kappa shape index (κ3) is 6.17. The number of carboxylic acids is 1. The zero-order chi connectivity index (χ0) is 21.3. The van der Waals surface area contributed by atoms with E-state index in [0.29, 0.717) is 18.4 Å². The zero-order valence-electron chi connectivity index (χ0n) is 16.9. The number of hydrogen-bond acceptors (Lipinski definition) is 3. The summed E-state index contributed by atoms with van der Waals surface area (Å²) in [4.78, 5) is 36.1. The highest BCUT2D eigenvalue weighted by Crippen LogP contribution is 2.27. The van der Waals surface area contributed by atoms with Crippen molar-refractivity contribution < 1.29 is 19.5 Å². The molecule has 0 aliphatic heterocycles. The lowest BCUT2D eigenvalue weighted by atomic mass is 9.78. The molecule has 2 rings (SSSR count). The largest absolute Gasteiger partial charge is 0.481 e. The summed E-state index contributed by atoms with van der Waals surface area (Å²) in [6, 6.07) is 16.8. The summed E-state index contributed by atoms with van der Waals surface area (Å²) in [6.45, 7) is 3.56. The van der Waals surface area contributed by atoms with Gasteiger partial charge in [0.15, 0.2) is 0 Å². The molecule has 0 aromatic heterocycles. The third-order valence-electron chi connectivity index (χ3n) is 5.13. The van der Waals surface area contributed by atoms with Gasteiger partial charge < -0.3 is 15.7 Å². The minimum atomic E-state index is -1.20. The van der Waals surface area contributed by atoms with Gasteiger partial charge in [-0.3, -0.25) is 14.4 Å². The van der Waals surface area contributed by atoms with Gasteiger partial charge in [0, 0.05) is 13.0 Å². The first kappa shape index (κ1) is 22.1. The van der Waals surface area contributed by atoms with Crippen LogP contribution in [0.3, 0.4) is 0 Å². The molecule has 3 N–H and O–H groups in total. The molecule has 0 aliphatic rings. The van der Waals surface area contributed by atoms with Crippen molar-refractivity contribution >= 4 is 17.8 Å². The Balaban J connectivity index is 1.83. The molecule has 0 saturated carbocycles.